The molecule has 0 unspecified atom stereocenters. The summed E-state index contributed by atoms with van der Waals surface area (Å²) in [6.07, 6.45) is 7.99. The van der Waals surface area contributed by atoms with Gasteiger partial charge >= 0.3 is 0 Å². The molecule has 8 heteroatoms. The van der Waals surface area contributed by atoms with Crippen molar-refractivity contribution in [3.05, 3.63) is 59.7 Å². The zero-order valence-corrected chi connectivity index (χ0v) is 20.7. The lowest BCUT2D eigenvalue weighted by molar-refractivity contribution is -0.121. The minimum Gasteiger partial charge on any atom is -0.494 e. The van der Waals surface area contributed by atoms with Gasteiger partial charge in [0.2, 0.25) is 11.8 Å². The summed E-state index contributed by atoms with van der Waals surface area (Å²) in [5.41, 5.74) is 6.81. The smallest absolute Gasteiger partial charge is 0.240 e. The fraction of sp³-hybridized carbons (Fsp3) is 0.407. The monoisotopic (exact) mass is 480 g/mol. The summed E-state index contributed by atoms with van der Waals surface area (Å²) in [7, 11) is 0. The van der Waals surface area contributed by atoms with Crippen molar-refractivity contribution < 1.29 is 19.1 Å². The molecule has 0 atom stereocenters. The van der Waals surface area contributed by atoms with Gasteiger partial charge in [-0.3, -0.25) is 9.59 Å². The lowest BCUT2D eigenvalue weighted by Gasteiger charge is -2.04. The summed E-state index contributed by atoms with van der Waals surface area (Å²) in [6, 6.07) is 15.0. The molecule has 188 valence electrons. The molecule has 0 heterocycles. The lowest BCUT2D eigenvalue weighted by atomic mass is 10.1. The minimum absolute atomic E-state index is 0.149. The number of benzene rings is 2. The fourth-order valence-corrected chi connectivity index (χ4v) is 2.96. The molecule has 0 saturated heterocycles. The van der Waals surface area contributed by atoms with Gasteiger partial charge in [0.25, 0.3) is 0 Å². The summed E-state index contributed by atoms with van der Waals surface area (Å²) < 4.78 is 11.1. The van der Waals surface area contributed by atoms with E-state index in [4.69, 9.17) is 9.47 Å². The molecular weight excluding hydrogens is 444 g/mol. The number of hydrogen-bond acceptors (Lipinski definition) is 6. The molecular formula is C27H36N4O4. The summed E-state index contributed by atoms with van der Waals surface area (Å²) in [4.78, 5) is 23.8. The summed E-state index contributed by atoms with van der Waals surface area (Å²) >= 11 is 0. The first kappa shape index (κ1) is 27.6. The van der Waals surface area contributed by atoms with Crippen LogP contribution in [-0.4, -0.2) is 37.5 Å². The Morgan fingerprint density at radius 1 is 0.686 bits per heavy atom. The van der Waals surface area contributed by atoms with Gasteiger partial charge in [-0.25, -0.2) is 10.9 Å². The highest BCUT2D eigenvalue weighted by Crippen LogP contribution is 2.12. The molecule has 8 nitrogen and oxygen atoms in total. The predicted molar refractivity (Wildman–Crippen MR) is 139 cm³/mol. The third-order valence-corrected chi connectivity index (χ3v) is 4.82. The molecule has 35 heavy (non-hydrogen) atoms. The highest BCUT2D eigenvalue weighted by molar-refractivity contribution is 5.83. The van der Waals surface area contributed by atoms with E-state index in [1.807, 2.05) is 48.5 Å². The molecule has 2 aromatic rings. The molecule has 2 N–H and O–H groups in total. The second-order valence-corrected chi connectivity index (χ2v) is 7.98. The van der Waals surface area contributed by atoms with Gasteiger partial charge in [0, 0.05) is 12.8 Å². The number of hydrazone groups is 2. The largest absolute Gasteiger partial charge is 0.494 e. The third kappa shape index (κ3) is 12.4. The van der Waals surface area contributed by atoms with E-state index in [1.54, 1.807) is 12.4 Å². The number of rotatable bonds is 16. The topological polar surface area (TPSA) is 101 Å². The average molecular weight is 481 g/mol. The molecule has 0 saturated carbocycles. The van der Waals surface area contributed by atoms with Crippen LogP contribution in [0.4, 0.5) is 0 Å². The zero-order chi connectivity index (χ0) is 25.1. The molecule has 0 spiro atoms. The van der Waals surface area contributed by atoms with E-state index in [0.29, 0.717) is 38.9 Å². The van der Waals surface area contributed by atoms with Crippen molar-refractivity contribution in [1.29, 1.82) is 0 Å². The van der Waals surface area contributed by atoms with Gasteiger partial charge in [-0.1, -0.05) is 20.3 Å². The van der Waals surface area contributed by atoms with Crippen molar-refractivity contribution in [1.82, 2.24) is 10.9 Å². The van der Waals surface area contributed by atoms with Crippen molar-refractivity contribution in [3.8, 4) is 11.5 Å². The Labute approximate surface area is 207 Å². The van der Waals surface area contributed by atoms with Crippen molar-refractivity contribution in [3.63, 3.8) is 0 Å². The van der Waals surface area contributed by atoms with E-state index < -0.39 is 0 Å². The van der Waals surface area contributed by atoms with Crippen molar-refractivity contribution >= 4 is 24.2 Å². The van der Waals surface area contributed by atoms with E-state index >= 15 is 0 Å². The molecule has 0 aliphatic carbocycles. The summed E-state index contributed by atoms with van der Waals surface area (Å²) in [5.74, 6) is 1.33. The Balaban J connectivity index is 1.53. The standard InChI is InChI=1S/C27H36N4O4/c1-3-18-34-24-14-10-22(11-15-24)20-28-30-26(32)8-6-5-7-9-27(33)31-29-21-23-12-16-25(17-13-23)35-19-4-2/h10-17,20-21H,3-9,18-19H2,1-2H3,(H,30,32)(H,31,33)/b28-20+,29-21+. The highest BCUT2D eigenvalue weighted by atomic mass is 16.5. The van der Waals surface area contributed by atoms with Crippen LogP contribution in [0.15, 0.2) is 58.7 Å². The first-order valence-corrected chi connectivity index (χ1v) is 12.2. The number of hydrogen-bond donors (Lipinski definition) is 2. The summed E-state index contributed by atoms with van der Waals surface area (Å²) in [5, 5.41) is 7.97. The molecule has 0 aliphatic heterocycles. The minimum atomic E-state index is -0.149. The number of carbonyl (C=O) groups excluding carboxylic acids is 2. The van der Waals surface area contributed by atoms with Crippen LogP contribution in [0.2, 0.25) is 0 Å². The maximum absolute atomic E-state index is 11.9. The Kier molecular flexibility index (Phi) is 13.3. The van der Waals surface area contributed by atoms with E-state index in [1.165, 1.54) is 0 Å². The van der Waals surface area contributed by atoms with Gasteiger partial charge in [-0.2, -0.15) is 10.2 Å². The van der Waals surface area contributed by atoms with Crippen LogP contribution in [0, 0.1) is 0 Å². The van der Waals surface area contributed by atoms with Gasteiger partial charge < -0.3 is 9.47 Å². The molecule has 2 aromatic carbocycles. The van der Waals surface area contributed by atoms with Gasteiger partial charge in [0.15, 0.2) is 0 Å². The Morgan fingerprint density at radius 2 is 1.09 bits per heavy atom. The number of nitrogens with one attached hydrogen (secondary N) is 2. The molecule has 0 radical (unpaired) electrons. The van der Waals surface area contributed by atoms with E-state index in [2.05, 4.69) is 34.9 Å². The van der Waals surface area contributed by atoms with Crippen LogP contribution >= 0.6 is 0 Å². The van der Waals surface area contributed by atoms with Gasteiger partial charge in [-0.15, -0.1) is 0 Å². The molecule has 2 rings (SSSR count). The number of unbranched alkanes of at least 4 members (excludes halogenated alkanes) is 2. The Morgan fingerprint density at radius 3 is 1.46 bits per heavy atom. The van der Waals surface area contributed by atoms with E-state index in [9.17, 15) is 9.59 Å². The molecule has 0 bridgehead atoms. The van der Waals surface area contributed by atoms with Crippen LogP contribution in [-0.2, 0) is 9.59 Å². The molecule has 2 amide bonds. The van der Waals surface area contributed by atoms with Crippen LogP contribution in [0.5, 0.6) is 11.5 Å². The van der Waals surface area contributed by atoms with Crippen LogP contribution in [0.1, 0.15) is 69.9 Å². The first-order valence-electron chi connectivity index (χ1n) is 12.2. The number of nitrogens with zero attached hydrogens (tertiary/aromatic N) is 2. The fourth-order valence-electron chi connectivity index (χ4n) is 2.96. The second-order valence-electron chi connectivity index (χ2n) is 7.98. The second kappa shape index (κ2) is 16.9. The van der Waals surface area contributed by atoms with E-state index in [-0.39, 0.29) is 11.8 Å². The van der Waals surface area contributed by atoms with Crippen LogP contribution in [0.3, 0.4) is 0 Å². The maximum atomic E-state index is 11.9. The number of amides is 2. The van der Waals surface area contributed by atoms with Crippen LogP contribution < -0.4 is 20.3 Å². The lowest BCUT2D eigenvalue weighted by Crippen LogP contribution is -2.18. The van der Waals surface area contributed by atoms with Crippen molar-refractivity contribution in [2.75, 3.05) is 13.2 Å². The van der Waals surface area contributed by atoms with E-state index in [0.717, 1.165) is 41.9 Å². The Bertz CT molecular complexity index is 863. The summed E-state index contributed by atoms with van der Waals surface area (Å²) in [6.45, 7) is 5.49. The molecule has 0 aromatic heterocycles. The zero-order valence-electron chi connectivity index (χ0n) is 20.7. The normalized spacial score (nSPS) is 11.0. The molecule has 0 fully saturated rings. The third-order valence-electron chi connectivity index (χ3n) is 4.82. The van der Waals surface area contributed by atoms with Crippen molar-refractivity contribution in [2.45, 2.75) is 58.8 Å². The predicted octanol–water partition coefficient (Wildman–Crippen LogP) is 4.82. The van der Waals surface area contributed by atoms with Gasteiger partial charge in [0.05, 0.1) is 25.6 Å². The quantitative estimate of drug-likeness (QED) is 0.204. The highest BCUT2D eigenvalue weighted by Gasteiger charge is 2.02. The average Bonchev–Trinajstić information content (AvgIpc) is 2.87. The van der Waals surface area contributed by atoms with Crippen molar-refractivity contribution in [2.24, 2.45) is 10.2 Å². The number of ether oxygens (including phenoxy) is 2. The Hall–Kier alpha value is -3.68. The number of carbonyl (C=O) groups is 2. The van der Waals surface area contributed by atoms with Crippen LogP contribution in [0.25, 0.3) is 0 Å². The first-order chi connectivity index (χ1) is 17.1. The molecule has 0 aliphatic rings. The van der Waals surface area contributed by atoms with Gasteiger partial charge in [-0.05, 0) is 85.3 Å². The van der Waals surface area contributed by atoms with Gasteiger partial charge in [0.1, 0.15) is 11.5 Å². The maximum Gasteiger partial charge on any atom is 0.240 e. The SMILES string of the molecule is CCCOc1ccc(/C=N/NC(=O)CCCCCC(=O)N/N=C/c2ccc(OCCC)cc2)cc1.